The van der Waals surface area contributed by atoms with Crippen LogP contribution in [0.3, 0.4) is 0 Å². The number of methoxy groups -OCH3 is 1. The number of aliphatic hydroxyl groups is 2. The van der Waals surface area contributed by atoms with Crippen LogP contribution in [-0.4, -0.2) is 65.7 Å². The summed E-state index contributed by atoms with van der Waals surface area (Å²) in [5.41, 5.74) is -1.56. The van der Waals surface area contributed by atoms with Gasteiger partial charge in [0.05, 0.1) is 25.9 Å². The molecule has 0 radical (unpaired) electrons. The molecule has 0 bridgehead atoms. The maximum atomic E-state index is 12.8. The number of esters is 1. The molecule has 2 atom stereocenters. The summed E-state index contributed by atoms with van der Waals surface area (Å²) in [7, 11) is 1.19. The molecule has 2 rings (SSSR count). The van der Waals surface area contributed by atoms with Crippen molar-refractivity contribution in [2.45, 2.75) is 58.2 Å². The van der Waals surface area contributed by atoms with Crippen LogP contribution in [0.25, 0.3) is 0 Å². The van der Waals surface area contributed by atoms with Crippen molar-refractivity contribution in [2.24, 2.45) is 11.3 Å². The van der Waals surface area contributed by atoms with Gasteiger partial charge in [0.15, 0.2) is 0 Å². The molecule has 1 aliphatic rings. The van der Waals surface area contributed by atoms with E-state index in [9.17, 15) is 24.6 Å². The molecule has 9 heteroatoms. The van der Waals surface area contributed by atoms with E-state index in [-0.39, 0.29) is 24.7 Å². The van der Waals surface area contributed by atoms with Crippen molar-refractivity contribution in [2.75, 3.05) is 20.3 Å². The first-order chi connectivity index (χ1) is 16.8. The first-order valence-electron chi connectivity index (χ1n) is 11.5. The van der Waals surface area contributed by atoms with Crippen molar-refractivity contribution in [3.8, 4) is 23.7 Å². The molecule has 36 heavy (non-hydrogen) atoms. The second-order valence-electron chi connectivity index (χ2n) is 10.3. The van der Waals surface area contributed by atoms with Crippen LogP contribution in [-0.2, 0) is 14.3 Å². The molecule has 9 nitrogen and oxygen atoms in total. The summed E-state index contributed by atoms with van der Waals surface area (Å²) in [6, 6.07) is 5.20. The third-order valence-electron chi connectivity index (χ3n) is 5.74. The molecule has 1 aliphatic carbocycles. The number of hydrogen-bond acceptors (Lipinski definition) is 7. The second kappa shape index (κ2) is 11.5. The minimum atomic E-state index is -1.22. The first kappa shape index (κ1) is 28.7. The average molecular weight is 499 g/mol. The average Bonchev–Trinajstić information content (AvgIpc) is 3.51. The van der Waals surface area contributed by atoms with Crippen molar-refractivity contribution < 1.29 is 34.1 Å². The number of ether oxygens (including phenoxy) is 2. The lowest BCUT2D eigenvalue weighted by Crippen LogP contribution is -2.62. The number of amides is 2. The molecule has 1 aromatic carbocycles. The number of nitrogens with one attached hydrogen (secondary N) is 2. The molecule has 194 valence electrons. The number of alkyl carbamates (subject to hydrolysis) is 1. The van der Waals surface area contributed by atoms with Gasteiger partial charge in [0.1, 0.15) is 11.6 Å². The van der Waals surface area contributed by atoms with Gasteiger partial charge in [0.25, 0.3) is 5.91 Å². The van der Waals surface area contributed by atoms with E-state index in [0.29, 0.717) is 12.0 Å². The number of rotatable bonds is 7. The minimum Gasteiger partial charge on any atom is -0.467 e. The van der Waals surface area contributed by atoms with E-state index in [4.69, 9.17) is 9.47 Å². The Kier molecular flexibility index (Phi) is 9.15. The van der Waals surface area contributed by atoms with Crippen LogP contribution in [0.5, 0.6) is 0 Å². The molecular weight excluding hydrogens is 464 g/mol. The Bertz CT molecular complexity index is 1090. The standard InChI is InChI=1S/C27H34N2O7/c1-25(2,3)36-24(34)29-26(4,5)21(23(33)35-6)28-22(32)19-13-11-18(12-14-19)9-7-8-10-20-15-27(20,16-30)17-31/h11-14,20-21,30-31H,15-17H2,1-6H3,(H,28,32)(H,29,34). The van der Waals surface area contributed by atoms with Gasteiger partial charge in [-0.25, -0.2) is 9.59 Å². The minimum absolute atomic E-state index is 0.0651. The zero-order valence-corrected chi connectivity index (χ0v) is 21.5. The molecule has 0 saturated heterocycles. The highest BCUT2D eigenvalue weighted by molar-refractivity contribution is 5.97. The van der Waals surface area contributed by atoms with Crippen LogP contribution >= 0.6 is 0 Å². The van der Waals surface area contributed by atoms with E-state index < -0.39 is 40.6 Å². The van der Waals surface area contributed by atoms with Crippen molar-refractivity contribution in [3.63, 3.8) is 0 Å². The lowest BCUT2D eigenvalue weighted by molar-refractivity contribution is -0.144. The normalized spacial score (nSPS) is 16.7. The molecule has 1 fully saturated rings. The summed E-state index contributed by atoms with van der Waals surface area (Å²) in [6.07, 6.45) is -0.0865. The smallest absolute Gasteiger partial charge is 0.408 e. The zero-order valence-electron chi connectivity index (χ0n) is 21.5. The fraction of sp³-hybridized carbons (Fsp3) is 0.519. The summed E-state index contributed by atoms with van der Waals surface area (Å²) >= 11 is 0. The molecule has 0 aromatic heterocycles. The van der Waals surface area contributed by atoms with Gasteiger partial charge >= 0.3 is 12.1 Å². The van der Waals surface area contributed by atoms with Gasteiger partial charge in [-0.1, -0.05) is 11.8 Å². The highest BCUT2D eigenvalue weighted by Crippen LogP contribution is 2.51. The van der Waals surface area contributed by atoms with E-state index in [1.807, 2.05) is 0 Å². The van der Waals surface area contributed by atoms with Crippen molar-refractivity contribution >= 4 is 18.0 Å². The maximum absolute atomic E-state index is 12.8. The molecule has 0 heterocycles. The van der Waals surface area contributed by atoms with Gasteiger partial charge in [-0.05, 0) is 77.1 Å². The molecule has 1 aromatic rings. The predicted octanol–water partition coefficient (Wildman–Crippen LogP) is 1.61. The van der Waals surface area contributed by atoms with Crippen LogP contribution < -0.4 is 10.6 Å². The molecular formula is C27H34N2O7. The third kappa shape index (κ3) is 7.74. The highest BCUT2D eigenvalue weighted by atomic mass is 16.6. The Morgan fingerprint density at radius 1 is 1.08 bits per heavy atom. The lowest BCUT2D eigenvalue weighted by atomic mass is 9.94. The predicted molar refractivity (Wildman–Crippen MR) is 133 cm³/mol. The maximum Gasteiger partial charge on any atom is 0.408 e. The van der Waals surface area contributed by atoms with E-state index in [1.54, 1.807) is 58.9 Å². The summed E-state index contributed by atoms with van der Waals surface area (Å²) in [6.45, 7) is 8.08. The number of benzene rings is 1. The molecule has 0 spiro atoms. The molecule has 2 unspecified atom stereocenters. The van der Waals surface area contributed by atoms with E-state index >= 15 is 0 Å². The van der Waals surface area contributed by atoms with Crippen LogP contribution in [0.2, 0.25) is 0 Å². The quantitative estimate of drug-likeness (QED) is 0.331. The lowest BCUT2D eigenvalue weighted by Gasteiger charge is -2.34. The first-order valence-corrected chi connectivity index (χ1v) is 11.5. The van der Waals surface area contributed by atoms with Gasteiger partial charge in [0, 0.05) is 22.5 Å². The number of carbonyl (C=O) groups is 3. The van der Waals surface area contributed by atoms with E-state index in [1.165, 1.54) is 7.11 Å². The van der Waals surface area contributed by atoms with Gasteiger partial charge in [-0.15, -0.1) is 0 Å². The van der Waals surface area contributed by atoms with Gasteiger partial charge in [-0.2, -0.15) is 0 Å². The molecule has 4 N–H and O–H groups in total. The SMILES string of the molecule is COC(=O)C(NC(=O)c1ccc(C#CC#CC2CC2(CO)CO)cc1)C(C)(C)NC(=O)OC(C)(C)C. The Balaban J connectivity index is 2.06. The van der Waals surface area contributed by atoms with Gasteiger partial charge in [-0.3, -0.25) is 4.79 Å². The van der Waals surface area contributed by atoms with Crippen LogP contribution in [0.4, 0.5) is 4.79 Å². The summed E-state index contributed by atoms with van der Waals surface area (Å²) in [5.74, 6) is 9.94. The van der Waals surface area contributed by atoms with Crippen LogP contribution in [0.15, 0.2) is 24.3 Å². The van der Waals surface area contributed by atoms with Crippen LogP contribution in [0, 0.1) is 35.0 Å². The second-order valence-corrected chi connectivity index (χ2v) is 10.3. The Morgan fingerprint density at radius 2 is 1.69 bits per heavy atom. The van der Waals surface area contributed by atoms with Crippen molar-refractivity contribution in [1.82, 2.24) is 10.6 Å². The molecule has 1 saturated carbocycles. The Labute approximate surface area is 211 Å². The van der Waals surface area contributed by atoms with Crippen molar-refractivity contribution in [3.05, 3.63) is 35.4 Å². The van der Waals surface area contributed by atoms with Crippen molar-refractivity contribution in [1.29, 1.82) is 0 Å². The fourth-order valence-corrected chi connectivity index (χ4v) is 3.39. The summed E-state index contributed by atoms with van der Waals surface area (Å²) < 4.78 is 10.1. The van der Waals surface area contributed by atoms with E-state index in [2.05, 4.69) is 34.3 Å². The Morgan fingerprint density at radius 3 is 2.19 bits per heavy atom. The molecule has 0 aliphatic heterocycles. The monoisotopic (exact) mass is 498 g/mol. The number of aliphatic hydroxyl groups excluding tert-OH is 2. The third-order valence-corrected chi connectivity index (χ3v) is 5.74. The van der Waals surface area contributed by atoms with Gasteiger partial charge in [0.2, 0.25) is 0 Å². The molecule has 2 amide bonds. The van der Waals surface area contributed by atoms with Gasteiger partial charge < -0.3 is 30.3 Å². The summed E-state index contributed by atoms with van der Waals surface area (Å²) in [5, 5.41) is 23.8. The summed E-state index contributed by atoms with van der Waals surface area (Å²) in [4.78, 5) is 37.5. The Hall–Kier alpha value is -3.53. The largest absolute Gasteiger partial charge is 0.467 e. The van der Waals surface area contributed by atoms with E-state index in [0.717, 1.165) is 0 Å². The topological polar surface area (TPSA) is 134 Å². The number of carbonyl (C=O) groups excluding carboxylic acids is 3. The van der Waals surface area contributed by atoms with Crippen LogP contribution in [0.1, 0.15) is 57.0 Å². The highest BCUT2D eigenvalue weighted by Gasteiger charge is 2.52. The fourth-order valence-electron chi connectivity index (χ4n) is 3.39. The number of hydrogen-bond donors (Lipinski definition) is 4. The zero-order chi connectivity index (χ0) is 27.1.